The monoisotopic (exact) mass is 281 g/mol. The summed E-state index contributed by atoms with van der Waals surface area (Å²) in [5.74, 6) is 1.36. The molecule has 0 aromatic rings. The summed E-state index contributed by atoms with van der Waals surface area (Å²) in [6.07, 6.45) is 2.57. The van der Waals surface area contributed by atoms with Crippen LogP contribution in [0.1, 0.15) is 45.4 Å². The van der Waals surface area contributed by atoms with E-state index in [-0.39, 0.29) is 12.6 Å². The number of rotatable bonds is 7. The van der Waals surface area contributed by atoms with E-state index in [2.05, 4.69) is 12.2 Å². The summed E-state index contributed by atoms with van der Waals surface area (Å²) >= 11 is 0. The molecule has 0 aliphatic heterocycles. The molecule has 0 aromatic carbocycles. The molecule has 1 saturated carbocycles. The fourth-order valence-corrected chi connectivity index (χ4v) is 3.08. The van der Waals surface area contributed by atoms with Crippen LogP contribution in [0.25, 0.3) is 0 Å². The van der Waals surface area contributed by atoms with Crippen LogP contribution < -0.4 is 5.32 Å². The number of nitrogens with one attached hydrogen (secondary N) is 1. The molecule has 3 unspecified atom stereocenters. The van der Waals surface area contributed by atoms with Crippen molar-refractivity contribution in [3.8, 4) is 0 Å². The minimum absolute atomic E-state index is 0.179. The van der Waals surface area contributed by atoms with E-state index in [4.69, 9.17) is 4.74 Å². The van der Waals surface area contributed by atoms with Crippen LogP contribution in [0.15, 0.2) is 0 Å². The quantitative estimate of drug-likeness (QED) is 0.717. The highest BCUT2D eigenvalue weighted by Crippen LogP contribution is 2.33. The number of alkyl halides is 3. The normalized spacial score (nSPS) is 26.4. The van der Waals surface area contributed by atoms with Gasteiger partial charge in [-0.25, -0.2) is 0 Å². The Balaban J connectivity index is 2.28. The van der Waals surface area contributed by atoms with E-state index in [0.29, 0.717) is 12.3 Å². The lowest BCUT2D eigenvalue weighted by Gasteiger charge is -2.34. The van der Waals surface area contributed by atoms with Gasteiger partial charge in [-0.2, -0.15) is 13.2 Å². The molecule has 0 heterocycles. The average molecular weight is 281 g/mol. The van der Waals surface area contributed by atoms with Crippen molar-refractivity contribution in [2.75, 3.05) is 20.3 Å². The molecular weight excluding hydrogens is 255 g/mol. The lowest BCUT2D eigenvalue weighted by molar-refractivity contribution is -0.174. The third-order valence-electron chi connectivity index (χ3n) is 4.18. The molecule has 3 atom stereocenters. The molecule has 1 aliphatic rings. The zero-order valence-electron chi connectivity index (χ0n) is 11.9. The highest BCUT2D eigenvalue weighted by atomic mass is 19.4. The zero-order chi connectivity index (χ0) is 14.3. The molecule has 1 rings (SSSR count). The molecule has 0 bridgehead atoms. The average Bonchev–Trinajstić information content (AvgIpc) is 2.37. The van der Waals surface area contributed by atoms with Gasteiger partial charge in [-0.1, -0.05) is 26.2 Å². The minimum Gasteiger partial charge on any atom is -0.372 e. The maximum atomic E-state index is 12.0. The molecule has 0 aromatic heterocycles. The van der Waals surface area contributed by atoms with Crippen molar-refractivity contribution >= 4 is 0 Å². The predicted octanol–water partition coefficient (Wildman–Crippen LogP) is 3.76. The Morgan fingerprint density at radius 3 is 2.63 bits per heavy atom. The largest absolute Gasteiger partial charge is 0.411 e. The Morgan fingerprint density at radius 2 is 2.05 bits per heavy atom. The van der Waals surface area contributed by atoms with E-state index in [1.807, 2.05) is 7.05 Å². The first-order valence-electron chi connectivity index (χ1n) is 7.28. The van der Waals surface area contributed by atoms with Crippen molar-refractivity contribution in [2.24, 2.45) is 11.8 Å². The van der Waals surface area contributed by atoms with Crippen LogP contribution in [0, 0.1) is 11.8 Å². The van der Waals surface area contributed by atoms with E-state index in [1.54, 1.807) is 0 Å². The molecule has 1 aliphatic carbocycles. The van der Waals surface area contributed by atoms with Crippen molar-refractivity contribution in [3.63, 3.8) is 0 Å². The van der Waals surface area contributed by atoms with Crippen LogP contribution in [0.5, 0.6) is 0 Å². The van der Waals surface area contributed by atoms with E-state index in [9.17, 15) is 13.2 Å². The smallest absolute Gasteiger partial charge is 0.372 e. The lowest BCUT2D eigenvalue weighted by atomic mass is 9.76. The maximum Gasteiger partial charge on any atom is 0.411 e. The van der Waals surface area contributed by atoms with E-state index < -0.39 is 12.8 Å². The zero-order valence-corrected chi connectivity index (χ0v) is 11.9. The summed E-state index contributed by atoms with van der Waals surface area (Å²) in [6.45, 7) is 1.26. The maximum absolute atomic E-state index is 12.0. The van der Waals surface area contributed by atoms with Crippen LogP contribution in [0.2, 0.25) is 0 Å². The van der Waals surface area contributed by atoms with Crippen molar-refractivity contribution in [2.45, 2.75) is 57.7 Å². The second-order valence-electron chi connectivity index (χ2n) is 5.55. The topological polar surface area (TPSA) is 21.3 Å². The second kappa shape index (κ2) is 8.10. The highest BCUT2D eigenvalue weighted by molar-refractivity contribution is 4.81. The Morgan fingerprint density at radius 1 is 1.32 bits per heavy atom. The molecule has 19 heavy (non-hydrogen) atoms. The molecule has 1 fully saturated rings. The van der Waals surface area contributed by atoms with Crippen molar-refractivity contribution < 1.29 is 17.9 Å². The predicted molar refractivity (Wildman–Crippen MR) is 70.1 cm³/mol. The van der Waals surface area contributed by atoms with Crippen LogP contribution in [-0.4, -0.2) is 32.5 Å². The third kappa shape index (κ3) is 6.61. The van der Waals surface area contributed by atoms with Gasteiger partial charge in [0.05, 0.1) is 0 Å². The van der Waals surface area contributed by atoms with E-state index in [0.717, 1.165) is 5.92 Å². The number of hydrogen-bond donors (Lipinski definition) is 1. The van der Waals surface area contributed by atoms with Gasteiger partial charge in [0, 0.05) is 12.6 Å². The first kappa shape index (κ1) is 16.8. The van der Waals surface area contributed by atoms with Crippen molar-refractivity contribution in [3.05, 3.63) is 0 Å². The Kier molecular flexibility index (Phi) is 7.15. The second-order valence-corrected chi connectivity index (χ2v) is 5.55. The Hall–Kier alpha value is -0.290. The standard InChI is InChI=1S/C14H26F3NO/c1-3-11-5-4-6-12(9-11)13(18-2)7-8-19-10-14(15,16)17/h11-13,18H,3-10H2,1-2H3. The fourth-order valence-electron chi connectivity index (χ4n) is 3.08. The van der Waals surface area contributed by atoms with Gasteiger partial charge in [0.15, 0.2) is 0 Å². The molecular formula is C14H26F3NO. The van der Waals surface area contributed by atoms with Gasteiger partial charge in [0.1, 0.15) is 6.61 Å². The summed E-state index contributed by atoms with van der Waals surface area (Å²) in [4.78, 5) is 0. The number of halogens is 3. The molecule has 114 valence electrons. The summed E-state index contributed by atoms with van der Waals surface area (Å²) in [5.41, 5.74) is 0. The number of ether oxygens (including phenoxy) is 1. The summed E-state index contributed by atoms with van der Waals surface area (Å²) < 4.78 is 40.6. The number of hydrogen-bond acceptors (Lipinski definition) is 2. The van der Waals surface area contributed by atoms with Crippen LogP contribution in [0.3, 0.4) is 0 Å². The van der Waals surface area contributed by atoms with Gasteiger partial charge in [-0.15, -0.1) is 0 Å². The molecule has 1 N–H and O–H groups in total. The summed E-state index contributed by atoms with van der Waals surface area (Å²) in [5, 5.41) is 3.25. The van der Waals surface area contributed by atoms with Crippen molar-refractivity contribution in [1.29, 1.82) is 0 Å². The SMILES string of the molecule is CCC1CCCC(C(CCOCC(F)(F)F)NC)C1. The van der Waals surface area contributed by atoms with E-state index >= 15 is 0 Å². The molecule has 5 heteroatoms. The first-order valence-corrected chi connectivity index (χ1v) is 7.28. The van der Waals surface area contributed by atoms with Gasteiger partial charge in [-0.3, -0.25) is 0 Å². The van der Waals surface area contributed by atoms with Gasteiger partial charge in [0.2, 0.25) is 0 Å². The van der Waals surface area contributed by atoms with E-state index in [1.165, 1.54) is 32.1 Å². The highest BCUT2D eigenvalue weighted by Gasteiger charge is 2.29. The summed E-state index contributed by atoms with van der Waals surface area (Å²) in [7, 11) is 1.89. The Bertz CT molecular complexity index is 245. The Labute approximate surface area is 114 Å². The fraction of sp³-hybridized carbons (Fsp3) is 1.00. The third-order valence-corrected chi connectivity index (χ3v) is 4.18. The first-order chi connectivity index (χ1) is 8.96. The van der Waals surface area contributed by atoms with Crippen LogP contribution >= 0.6 is 0 Å². The van der Waals surface area contributed by atoms with Gasteiger partial charge < -0.3 is 10.1 Å². The van der Waals surface area contributed by atoms with Gasteiger partial charge >= 0.3 is 6.18 Å². The van der Waals surface area contributed by atoms with Crippen LogP contribution in [0.4, 0.5) is 13.2 Å². The van der Waals surface area contributed by atoms with Crippen molar-refractivity contribution in [1.82, 2.24) is 5.32 Å². The lowest BCUT2D eigenvalue weighted by Crippen LogP contribution is -2.37. The summed E-state index contributed by atoms with van der Waals surface area (Å²) in [6, 6.07) is 0.280. The molecule has 0 radical (unpaired) electrons. The van der Waals surface area contributed by atoms with Gasteiger partial charge in [0.25, 0.3) is 0 Å². The van der Waals surface area contributed by atoms with Gasteiger partial charge in [-0.05, 0) is 38.1 Å². The molecule has 0 saturated heterocycles. The van der Waals surface area contributed by atoms with Crippen LogP contribution in [-0.2, 0) is 4.74 Å². The molecule has 0 spiro atoms. The molecule has 0 amide bonds. The minimum atomic E-state index is -4.21. The molecule has 2 nitrogen and oxygen atoms in total.